The van der Waals surface area contributed by atoms with E-state index in [-0.39, 0.29) is 0 Å². The van der Waals surface area contributed by atoms with Crippen LogP contribution in [0.15, 0.2) is 53.5 Å². The van der Waals surface area contributed by atoms with Gasteiger partial charge in [0.2, 0.25) is 0 Å². The highest BCUT2D eigenvalue weighted by atomic mass is 79.9. The summed E-state index contributed by atoms with van der Waals surface area (Å²) in [7, 11) is 0. The Morgan fingerprint density at radius 3 is 2.85 bits per heavy atom. The minimum atomic E-state index is 0.456. The fourth-order valence-electron chi connectivity index (χ4n) is 2.02. The van der Waals surface area contributed by atoms with Crippen LogP contribution in [-0.4, -0.2) is 19.5 Å². The summed E-state index contributed by atoms with van der Waals surface area (Å²) in [5.74, 6) is 1.39. The van der Waals surface area contributed by atoms with Crippen LogP contribution in [0.2, 0.25) is 0 Å². The van der Waals surface area contributed by atoms with E-state index in [1.807, 2.05) is 34.9 Å². The van der Waals surface area contributed by atoms with E-state index >= 15 is 0 Å². The molecular weight excluding hydrogens is 318 g/mol. The van der Waals surface area contributed by atoms with E-state index < -0.39 is 0 Å². The number of halogens is 1. The van der Waals surface area contributed by atoms with E-state index in [0.717, 1.165) is 16.9 Å². The number of para-hydroxylation sites is 2. The van der Waals surface area contributed by atoms with Gasteiger partial charge < -0.3 is 5.73 Å². The van der Waals surface area contributed by atoms with E-state index in [0.29, 0.717) is 22.7 Å². The highest BCUT2D eigenvalue weighted by Gasteiger charge is 2.11. The van der Waals surface area contributed by atoms with Crippen molar-refractivity contribution >= 4 is 27.0 Å². The Bertz CT molecular complexity index is 793. The lowest BCUT2D eigenvalue weighted by atomic mass is 10.3. The molecule has 0 bridgehead atoms. The molecule has 0 aliphatic rings. The summed E-state index contributed by atoms with van der Waals surface area (Å²) in [6, 6.07) is 9.71. The molecule has 2 N–H and O–H groups in total. The second kappa shape index (κ2) is 5.05. The first-order valence-corrected chi connectivity index (χ1v) is 6.83. The van der Waals surface area contributed by atoms with Gasteiger partial charge in [-0.05, 0) is 34.1 Å². The number of nitrogens with zero attached hydrogens (tertiary/aromatic N) is 4. The van der Waals surface area contributed by atoms with Crippen molar-refractivity contribution in [3.8, 4) is 5.82 Å². The Hall–Kier alpha value is -2.21. The summed E-state index contributed by atoms with van der Waals surface area (Å²) < 4.78 is 2.63. The third-order valence-electron chi connectivity index (χ3n) is 2.82. The van der Waals surface area contributed by atoms with Gasteiger partial charge in [-0.2, -0.15) is 0 Å². The number of hydrogen-bond acceptors (Lipinski definition) is 4. The Balaban J connectivity index is 2.15. The average Bonchev–Trinajstić information content (AvgIpc) is 2.74. The van der Waals surface area contributed by atoms with E-state index in [4.69, 9.17) is 5.73 Å². The molecule has 0 aliphatic carbocycles. The lowest BCUT2D eigenvalue weighted by molar-refractivity contribution is 0.892. The van der Waals surface area contributed by atoms with Crippen LogP contribution in [0.5, 0.6) is 0 Å². The van der Waals surface area contributed by atoms with Crippen molar-refractivity contribution in [3.63, 3.8) is 0 Å². The zero-order chi connectivity index (χ0) is 14.1. The maximum absolute atomic E-state index is 5.61. The topological polar surface area (TPSA) is 69.6 Å². The summed E-state index contributed by atoms with van der Waals surface area (Å²) in [5, 5.41) is 0. The standard InChI is InChI=1S/C14H12BrN5/c1-9(16)8-12-17-7-6-13(19-12)20-11-5-3-2-4-10(11)18-14(20)15/h2-7H,1,8,16H2. The molecule has 6 heteroatoms. The van der Waals surface area contributed by atoms with Gasteiger partial charge >= 0.3 is 0 Å². The Labute approximate surface area is 124 Å². The van der Waals surface area contributed by atoms with E-state index in [1.54, 1.807) is 6.20 Å². The second-order valence-electron chi connectivity index (χ2n) is 4.37. The molecule has 0 unspecified atom stereocenters. The highest BCUT2D eigenvalue weighted by molar-refractivity contribution is 9.10. The number of fused-ring (bicyclic) bond motifs is 1. The molecule has 0 fully saturated rings. The lowest BCUT2D eigenvalue weighted by Crippen LogP contribution is -2.06. The van der Waals surface area contributed by atoms with Crippen molar-refractivity contribution in [2.24, 2.45) is 5.73 Å². The monoisotopic (exact) mass is 329 g/mol. The van der Waals surface area contributed by atoms with E-state index in [1.165, 1.54) is 0 Å². The van der Waals surface area contributed by atoms with E-state index in [9.17, 15) is 0 Å². The molecule has 2 aromatic heterocycles. The molecule has 20 heavy (non-hydrogen) atoms. The number of allylic oxidation sites excluding steroid dienone is 1. The average molecular weight is 330 g/mol. The van der Waals surface area contributed by atoms with Gasteiger partial charge in [0.1, 0.15) is 11.6 Å². The Morgan fingerprint density at radius 2 is 2.05 bits per heavy atom. The summed E-state index contributed by atoms with van der Waals surface area (Å²) in [5.41, 5.74) is 8.04. The molecule has 3 aromatic rings. The van der Waals surface area contributed by atoms with Crippen molar-refractivity contribution in [3.05, 3.63) is 59.4 Å². The van der Waals surface area contributed by atoms with E-state index in [2.05, 4.69) is 37.5 Å². The van der Waals surface area contributed by atoms with Gasteiger partial charge in [-0.1, -0.05) is 18.7 Å². The molecule has 2 heterocycles. The van der Waals surface area contributed by atoms with Crippen LogP contribution in [0.25, 0.3) is 16.9 Å². The molecular formula is C14H12BrN5. The van der Waals surface area contributed by atoms with Crippen molar-refractivity contribution < 1.29 is 0 Å². The number of hydrogen-bond donors (Lipinski definition) is 1. The number of rotatable bonds is 3. The molecule has 1 aromatic carbocycles. The zero-order valence-electron chi connectivity index (χ0n) is 10.6. The minimum absolute atomic E-state index is 0.456. The summed E-state index contributed by atoms with van der Waals surface area (Å²) in [4.78, 5) is 13.2. The van der Waals surface area contributed by atoms with Crippen LogP contribution in [0.1, 0.15) is 5.82 Å². The third-order valence-corrected chi connectivity index (χ3v) is 3.36. The van der Waals surface area contributed by atoms with Crippen molar-refractivity contribution in [2.75, 3.05) is 0 Å². The number of benzene rings is 1. The van der Waals surface area contributed by atoms with Crippen LogP contribution in [-0.2, 0) is 6.42 Å². The second-order valence-corrected chi connectivity index (χ2v) is 5.08. The molecule has 3 rings (SSSR count). The summed E-state index contributed by atoms with van der Waals surface area (Å²) in [6.07, 6.45) is 2.17. The fraction of sp³-hybridized carbons (Fsp3) is 0.0714. The molecule has 0 spiro atoms. The molecule has 0 radical (unpaired) electrons. The van der Waals surface area contributed by atoms with Crippen LogP contribution in [0.4, 0.5) is 0 Å². The van der Waals surface area contributed by atoms with Gasteiger partial charge in [-0.3, -0.25) is 4.57 Å². The first-order valence-electron chi connectivity index (χ1n) is 6.03. The molecule has 0 saturated carbocycles. The smallest absolute Gasteiger partial charge is 0.184 e. The number of aromatic nitrogens is 4. The van der Waals surface area contributed by atoms with Crippen molar-refractivity contribution in [1.29, 1.82) is 0 Å². The molecule has 100 valence electrons. The Kier molecular flexibility index (Phi) is 3.23. The Morgan fingerprint density at radius 1 is 1.25 bits per heavy atom. The molecule has 0 atom stereocenters. The van der Waals surface area contributed by atoms with Crippen molar-refractivity contribution in [2.45, 2.75) is 6.42 Å². The van der Waals surface area contributed by atoms with Gasteiger partial charge in [0, 0.05) is 18.3 Å². The van der Waals surface area contributed by atoms with Gasteiger partial charge in [0.15, 0.2) is 4.73 Å². The van der Waals surface area contributed by atoms with Crippen LogP contribution in [0, 0.1) is 0 Å². The normalized spacial score (nSPS) is 10.8. The van der Waals surface area contributed by atoms with Crippen molar-refractivity contribution in [1.82, 2.24) is 19.5 Å². The SMILES string of the molecule is C=C(N)Cc1nccc(-n2c(Br)nc3ccccc32)n1. The highest BCUT2D eigenvalue weighted by Crippen LogP contribution is 2.23. The van der Waals surface area contributed by atoms with Gasteiger partial charge in [0.05, 0.1) is 11.0 Å². The van der Waals surface area contributed by atoms with Gasteiger partial charge in [-0.25, -0.2) is 15.0 Å². The molecule has 0 amide bonds. The van der Waals surface area contributed by atoms with Crippen LogP contribution >= 0.6 is 15.9 Å². The fourth-order valence-corrected chi connectivity index (χ4v) is 2.58. The maximum Gasteiger partial charge on any atom is 0.184 e. The molecule has 5 nitrogen and oxygen atoms in total. The lowest BCUT2D eigenvalue weighted by Gasteiger charge is -2.06. The van der Waals surface area contributed by atoms with Crippen LogP contribution < -0.4 is 5.73 Å². The molecule has 0 aliphatic heterocycles. The van der Waals surface area contributed by atoms with Gasteiger partial charge in [-0.15, -0.1) is 0 Å². The predicted molar refractivity (Wildman–Crippen MR) is 81.4 cm³/mol. The number of imidazole rings is 1. The first-order chi connectivity index (χ1) is 9.65. The summed E-state index contributed by atoms with van der Waals surface area (Å²) >= 11 is 3.47. The summed E-state index contributed by atoms with van der Waals surface area (Å²) in [6.45, 7) is 3.68. The predicted octanol–water partition coefficient (Wildman–Crippen LogP) is 2.59. The minimum Gasteiger partial charge on any atom is -0.402 e. The third kappa shape index (κ3) is 2.30. The van der Waals surface area contributed by atoms with Crippen LogP contribution in [0.3, 0.4) is 0 Å². The van der Waals surface area contributed by atoms with Gasteiger partial charge in [0.25, 0.3) is 0 Å². The first kappa shape index (κ1) is 12.8. The maximum atomic E-state index is 5.61. The zero-order valence-corrected chi connectivity index (χ0v) is 12.2. The quantitative estimate of drug-likeness (QED) is 0.801. The number of nitrogens with two attached hydrogens (primary N) is 1. The molecule has 0 saturated heterocycles. The largest absolute Gasteiger partial charge is 0.402 e.